The van der Waals surface area contributed by atoms with Crippen LogP contribution in [0.2, 0.25) is 0 Å². The molecule has 0 saturated carbocycles. The van der Waals surface area contributed by atoms with Gasteiger partial charge in [0.05, 0.1) is 5.56 Å². The maximum atomic E-state index is 11.6. The van der Waals surface area contributed by atoms with Crippen molar-refractivity contribution in [3.8, 4) is 28.5 Å². The molecular weight excluding hydrogens is 440 g/mol. The first-order chi connectivity index (χ1) is 16.1. The largest absolute Gasteiger partial charge is 0.489 e. The molecule has 0 fully saturated rings. The topological polar surface area (TPSA) is 99.4 Å². The molecule has 0 spiro atoms. The number of hydrogen-bond donors (Lipinski definition) is 2. The third-order valence-corrected chi connectivity index (χ3v) is 4.93. The highest BCUT2D eigenvalue weighted by atomic mass is 35.5. The Morgan fingerprint density at radius 1 is 0.939 bits per heavy atom. The normalized spacial score (nSPS) is 10.5. The molecule has 166 valence electrons. The summed E-state index contributed by atoms with van der Waals surface area (Å²) in [5.74, 6) is 1.33. The van der Waals surface area contributed by atoms with E-state index in [1.165, 1.54) is 6.33 Å². The lowest BCUT2D eigenvalue weighted by Crippen LogP contribution is -2.12. The van der Waals surface area contributed by atoms with Crippen molar-refractivity contribution >= 4 is 29.0 Å². The van der Waals surface area contributed by atoms with Gasteiger partial charge in [0, 0.05) is 11.8 Å². The molecule has 4 aromatic rings. The number of hydrogen-bond acceptors (Lipinski definition) is 6. The summed E-state index contributed by atoms with van der Waals surface area (Å²) in [5, 5.41) is 2.68. The van der Waals surface area contributed by atoms with E-state index < -0.39 is 0 Å². The Labute approximate surface area is 196 Å². The van der Waals surface area contributed by atoms with Crippen LogP contribution in [-0.2, 0) is 11.4 Å². The molecule has 8 heteroatoms. The van der Waals surface area contributed by atoms with E-state index in [0.29, 0.717) is 29.5 Å². The maximum Gasteiger partial charge on any atom is 0.239 e. The molecule has 7 nitrogen and oxygen atoms in total. The average Bonchev–Trinajstić information content (AvgIpc) is 2.84. The van der Waals surface area contributed by atoms with Gasteiger partial charge < -0.3 is 20.5 Å². The van der Waals surface area contributed by atoms with Crippen LogP contribution >= 0.6 is 11.6 Å². The molecule has 0 aliphatic heterocycles. The Morgan fingerprint density at radius 3 is 2.48 bits per heavy atom. The fourth-order valence-electron chi connectivity index (χ4n) is 3.13. The SMILES string of the molecule is Nc1ncnc(Oc2cccc(NC(=O)CCl)c2)c1-c1ccc(OCc2ccccc2)cc1. The van der Waals surface area contributed by atoms with E-state index in [2.05, 4.69) is 15.3 Å². The molecular formula is C25H21ClN4O3. The average molecular weight is 461 g/mol. The van der Waals surface area contributed by atoms with Crippen LogP contribution in [0.25, 0.3) is 11.1 Å². The van der Waals surface area contributed by atoms with Crippen LogP contribution < -0.4 is 20.5 Å². The Kier molecular flexibility index (Phi) is 7.02. The van der Waals surface area contributed by atoms with E-state index in [1.54, 1.807) is 24.3 Å². The third-order valence-electron chi connectivity index (χ3n) is 4.69. The minimum atomic E-state index is -0.310. The minimum absolute atomic E-state index is 0.136. The summed E-state index contributed by atoms with van der Waals surface area (Å²) in [6.45, 7) is 0.474. The van der Waals surface area contributed by atoms with Crippen molar-refractivity contribution in [1.29, 1.82) is 0 Å². The van der Waals surface area contributed by atoms with Crippen molar-refractivity contribution in [3.63, 3.8) is 0 Å². The molecule has 0 aliphatic rings. The van der Waals surface area contributed by atoms with E-state index in [-0.39, 0.29) is 17.6 Å². The van der Waals surface area contributed by atoms with Gasteiger partial charge in [-0.3, -0.25) is 4.79 Å². The van der Waals surface area contributed by atoms with Crippen LogP contribution in [0.4, 0.5) is 11.5 Å². The lowest BCUT2D eigenvalue weighted by Gasteiger charge is -2.13. The van der Waals surface area contributed by atoms with Crippen LogP contribution in [0.15, 0.2) is 85.2 Å². The summed E-state index contributed by atoms with van der Waals surface area (Å²) in [6.07, 6.45) is 1.34. The molecule has 0 unspecified atom stereocenters. The predicted octanol–water partition coefficient (Wildman–Crippen LogP) is 5.27. The maximum absolute atomic E-state index is 11.6. The van der Waals surface area contributed by atoms with Crippen LogP contribution in [-0.4, -0.2) is 21.8 Å². The summed E-state index contributed by atoms with van der Waals surface area (Å²) < 4.78 is 11.8. The molecule has 3 aromatic carbocycles. The molecule has 0 bridgehead atoms. The third kappa shape index (κ3) is 5.78. The van der Waals surface area contributed by atoms with Crippen LogP contribution in [0, 0.1) is 0 Å². The van der Waals surface area contributed by atoms with Gasteiger partial charge in [-0.1, -0.05) is 48.5 Å². The number of alkyl halides is 1. The number of halogens is 1. The van der Waals surface area contributed by atoms with E-state index >= 15 is 0 Å². The number of nitrogens with zero attached hydrogens (tertiary/aromatic N) is 2. The lowest BCUT2D eigenvalue weighted by molar-refractivity contribution is -0.113. The van der Waals surface area contributed by atoms with Gasteiger partial charge in [-0.25, -0.2) is 9.97 Å². The van der Waals surface area contributed by atoms with E-state index in [9.17, 15) is 4.79 Å². The smallest absolute Gasteiger partial charge is 0.239 e. The Balaban J connectivity index is 1.53. The van der Waals surface area contributed by atoms with Crippen LogP contribution in [0.5, 0.6) is 17.4 Å². The number of rotatable bonds is 8. The molecule has 0 radical (unpaired) electrons. The second-order valence-electron chi connectivity index (χ2n) is 7.05. The number of amides is 1. The number of nitrogens with two attached hydrogens (primary N) is 1. The van der Waals surface area contributed by atoms with Crippen molar-refractivity contribution in [3.05, 3.63) is 90.8 Å². The lowest BCUT2D eigenvalue weighted by atomic mass is 10.1. The van der Waals surface area contributed by atoms with Crippen molar-refractivity contribution in [2.75, 3.05) is 16.9 Å². The van der Waals surface area contributed by atoms with Gasteiger partial charge in [-0.15, -0.1) is 11.6 Å². The first-order valence-electron chi connectivity index (χ1n) is 10.1. The Bertz CT molecular complexity index is 1230. The fraction of sp³-hybridized carbons (Fsp3) is 0.0800. The van der Waals surface area contributed by atoms with Gasteiger partial charge in [0.1, 0.15) is 36.1 Å². The fourth-order valence-corrected chi connectivity index (χ4v) is 3.20. The summed E-state index contributed by atoms with van der Waals surface area (Å²) in [7, 11) is 0. The van der Waals surface area contributed by atoms with Crippen molar-refractivity contribution < 1.29 is 14.3 Å². The number of ether oxygens (including phenoxy) is 2. The number of benzene rings is 3. The van der Waals surface area contributed by atoms with Crippen molar-refractivity contribution in [1.82, 2.24) is 9.97 Å². The van der Waals surface area contributed by atoms with Gasteiger partial charge in [-0.05, 0) is 35.4 Å². The predicted molar refractivity (Wildman–Crippen MR) is 129 cm³/mol. The van der Waals surface area contributed by atoms with Gasteiger partial charge in [0.25, 0.3) is 0 Å². The first kappa shape index (κ1) is 22.1. The zero-order valence-corrected chi connectivity index (χ0v) is 18.3. The highest BCUT2D eigenvalue weighted by Gasteiger charge is 2.15. The molecule has 0 saturated heterocycles. The summed E-state index contributed by atoms with van der Waals surface area (Å²) in [4.78, 5) is 19.9. The number of carbonyl (C=O) groups excluding carboxylic acids is 1. The minimum Gasteiger partial charge on any atom is -0.489 e. The number of anilines is 2. The van der Waals surface area contributed by atoms with Gasteiger partial charge in [-0.2, -0.15) is 0 Å². The number of nitrogens with one attached hydrogen (secondary N) is 1. The van der Waals surface area contributed by atoms with Crippen LogP contribution in [0.1, 0.15) is 5.56 Å². The second-order valence-corrected chi connectivity index (χ2v) is 7.32. The Morgan fingerprint density at radius 2 is 1.73 bits per heavy atom. The monoisotopic (exact) mass is 460 g/mol. The molecule has 0 aliphatic carbocycles. The molecule has 1 heterocycles. The standard InChI is InChI=1S/C25H21ClN4O3/c26-14-22(31)30-19-7-4-8-21(13-19)33-25-23(24(27)28-16-29-25)18-9-11-20(12-10-18)32-15-17-5-2-1-3-6-17/h1-13,16H,14-15H2,(H,30,31)(H2,27,28,29). The molecule has 3 N–H and O–H groups in total. The zero-order chi connectivity index (χ0) is 23.0. The van der Waals surface area contributed by atoms with Crippen LogP contribution in [0.3, 0.4) is 0 Å². The zero-order valence-electron chi connectivity index (χ0n) is 17.6. The van der Waals surface area contributed by atoms with E-state index in [4.69, 9.17) is 26.8 Å². The summed E-state index contributed by atoms with van der Waals surface area (Å²) >= 11 is 5.56. The molecule has 33 heavy (non-hydrogen) atoms. The van der Waals surface area contributed by atoms with Gasteiger partial charge >= 0.3 is 0 Å². The first-order valence-corrected chi connectivity index (χ1v) is 10.7. The van der Waals surface area contributed by atoms with Gasteiger partial charge in [0.15, 0.2) is 0 Å². The van der Waals surface area contributed by atoms with Crippen molar-refractivity contribution in [2.24, 2.45) is 0 Å². The molecule has 0 atom stereocenters. The Hall–Kier alpha value is -4.10. The van der Waals surface area contributed by atoms with Gasteiger partial charge in [0.2, 0.25) is 11.8 Å². The second kappa shape index (κ2) is 10.5. The highest BCUT2D eigenvalue weighted by Crippen LogP contribution is 2.36. The number of aromatic nitrogens is 2. The van der Waals surface area contributed by atoms with E-state index in [1.807, 2.05) is 54.6 Å². The van der Waals surface area contributed by atoms with Crippen molar-refractivity contribution in [2.45, 2.75) is 6.61 Å². The molecule has 1 amide bonds. The molecule has 4 rings (SSSR count). The number of nitrogen functional groups attached to an aromatic ring is 1. The van der Waals surface area contributed by atoms with E-state index in [0.717, 1.165) is 16.9 Å². The number of carbonyl (C=O) groups is 1. The summed E-state index contributed by atoms with van der Waals surface area (Å²) in [5.41, 5.74) is 9.14. The highest BCUT2D eigenvalue weighted by molar-refractivity contribution is 6.29. The molecule has 1 aromatic heterocycles. The quantitative estimate of drug-likeness (QED) is 0.347. The summed E-state index contributed by atoms with van der Waals surface area (Å²) in [6, 6.07) is 24.3.